The van der Waals surface area contributed by atoms with E-state index >= 15 is 0 Å². The number of ketones is 1. The van der Waals surface area contributed by atoms with Gasteiger partial charge in [0.15, 0.2) is 5.78 Å². The van der Waals surface area contributed by atoms with Gasteiger partial charge in [-0.1, -0.05) is 95.8 Å². The van der Waals surface area contributed by atoms with Gasteiger partial charge in [-0.15, -0.1) is 40.5 Å². The van der Waals surface area contributed by atoms with Crippen LogP contribution >= 0.6 is 11.3 Å². The maximum absolute atomic E-state index is 11.7. The fourth-order valence-corrected chi connectivity index (χ4v) is 7.46. The van der Waals surface area contributed by atoms with Gasteiger partial charge in [0.1, 0.15) is 0 Å². The number of aromatic nitrogens is 1. The number of thiophene rings is 1. The zero-order valence-corrected chi connectivity index (χ0v) is 33.2. The average Bonchev–Trinajstić information content (AvgIpc) is 3.41. The summed E-state index contributed by atoms with van der Waals surface area (Å²) in [6.07, 6.45) is 6.84. The van der Waals surface area contributed by atoms with Crippen LogP contribution in [0, 0.1) is 24.8 Å². The number of hydrogen-bond donors (Lipinski definition) is 1. The molecule has 5 aromatic rings. The van der Waals surface area contributed by atoms with Gasteiger partial charge < -0.3 is 10.0 Å². The molecule has 3 aromatic carbocycles. The first-order valence-electron chi connectivity index (χ1n) is 17.0. The molecule has 0 bridgehead atoms. The minimum absolute atomic E-state index is 0. The van der Waals surface area contributed by atoms with E-state index in [1.807, 2.05) is 45.2 Å². The van der Waals surface area contributed by atoms with Gasteiger partial charge in [0.25, 0.3) is 0 Å². The first kappa shape index (κ1) is 39.1. The molecular weight excluding hydrogens is 789 g/mol. The zero-order chi connectivity index (χ0) is 34.3. The van der Waals surface area contributed by atoms with Crippen molar-refractivity contribution in [3.8, 4) is 11.3 Å². The van der Waals surface area contributed by atoms with Crippen molar-refractivity contribution in [3.63, 3.8) is 0 Å². The van der Waals surface area contributed by atoms with Crippen LogP contribution in [-0.4, -0.2) is 22.9 Å². The van der Waals surface area contributed by atoms with Crippen LogP contribution < -0.4 is 4.90 Å². The van der Waals surface area contributed by atoms with Crippen LogP contribution in [0.25, 0.3) is 32.1 Å². The van der Waals surface area contributed by atoms with Crippen molar-refractivity contribution in [3.05, 3.63) is 102 Å². The maximum atomic E-state index is 11.7. The van der Waals surface area contributed by atoms with E-state index in [0.717, 1.165) is 42.3 Å². The third kappa shape index (κ3) is 8.83. The molecule has 2 heterocycles. The number of hydrogen-bond acceptors (Lipinski definition) is 5. The molecule has 5 rings (SSSR count). The molecule has 1 N–H and O–H groups in total. The Labute approximate surface area is 305 Å². The summed E-state index contributed by atoms with van der Waals surface area (Å²) in [6, 6.07) is 27.2. The van der Waals surface area contributed by atoms with Crippen molar-refractivity contribution in [1.29, 1.82) is 0 Å². The van der Waals surface area contributed by atoms with Crippen LogP contribution in [-0.2, 0) is 30.3 Å². The Morgan fingerprint density at radius 3 is 2.12 bits per heavy atom. The van der Waals surface area contributed by atoms with E-state index in [1.54, 1.807) is 0 Å². The molecule has 257 valence electrons. The fraction of sp³-hybridized carbons (Fsp3) is 0.381. The van der Waals surface area contributed by atoms with Gasteiger partial charge in [-0.05, 0) is 67.2 Å². The Balaban J connectivity index is 0.000000334. The molecule has 0 aliphatic carbocycles. The summed E-state index contributed by atoms with van der Waals surface area (Å²) in [5.74, 6) is 0.547. The molecule has 0 saturated heterocycles. The number of rotatable bonds is 10. The number of allylic oxidation sites excluding steroid dienone is 2. The standard InChI is InChI=1S/C29H27N2S.C13H24O2.Ir/c1-19-23-15-16-30-26(27(23)32-28(19)31(5)22-12-7-6-8-13-22)21-17-20-11-9-10-14-24(20)25(18-21)29(2,3)4;1-5-10(6-2)12(14)9-13(15)11(7-3)8-4;/h6-16,18H,1-5H3;9-11,14H,5-8H2,1-4H3;/q-1;;/b;12-9-;. The number of aliphatic hydroxyl groups excluding tert-OH is 1. The Kier molecular flexibility index (Phi) is 14.2. The van der Waals surface area contributed by atoms with Gasteiger partial charge in [-0.3, -0.25) is 9.78 Å². The number of fused-ring (bicyclic) bond motifs is 2. The molecule has 0 fully saturated rings. The summed E-state index contributed by atoms with van der Waals surface area (Å²) in [5.41, 5.74) is 5.91. The van der Waals surface area contributed by atoms with Crippen LogP contribution in [0.5, 0.6) is 0 Å². The minimum Gasteiger partial charge on any atom is -0.512 e. The predicted octanol–water partition coefficient (Wildman–Crippen LogP) is 12.2. The molecule has 0 atom stereocenters. The molecule has 48 heavy (non-hydrogen) atoms. The monoisotopic (exact) mass is 840 g/mol. The first-order chi connectivity index (χ1) is 22.4. The van der Waals surface area contributed by atoms with Gasteiger partial charge in [0.2, 0.25) is 0 Å². The summed E-state index contributed by atoms with van der Waals surface area (Å²) < 4.78 is 1.22. The Bertz CT molecular complexity index is 1830. The summed E-state index contributed by atoms with van der Waals surface area (Å²) in [7, 11) is 2.14. The van der Waals surface area contributed by atoms with Gasteiger partial charge in [0, 0.05) is 67.3 Å². The molecule has 4 nitrogen and oxygen atoms in total. The van der Waals surface area contributed by atoms with E-state index in [2.05, 4.69) is 112 Å². The van der Waals surface area contributed by atoms with Crippen LogP contribution in [0.1, 0.15) is 85.3 Å². The van der Waals surface area contributed by atoms with Crippen molar-refractivity contribution in [1.82, 2.24) is 4.98 Å². The van der Waals surface area contributed by atoms with E-state index in [4.69, 9.17) is 4.98 Å². The number of anilines is 2. The number of pyridine rings is 1. The predicted molar refractivity (Wildman–Crippen MR) is 203 cm³/mol. The summed E-state index contributed by atoms with van der Waals surface area (Å²) in [5, 5.41) is 14.7. The van der Waals surface area contributed by atoms with E-state index in [-0.39, 0.29) is 48.9 Å². The molecule has 0 saturated carbocycles. The molecule has 2 aromatic heterocycles. The molecular formula is C42H51IrN2O2S-. The van der Waals surface area contributed by atoms with Gasteiger partial charge in [-0.2, -0.15) is 0 Å². The average molecular weight is 840 g/mol. The third-order valence-electron chi connectivity index (χ3n) is 9.20. The van der Waals surface area contributed by atoms with Crippen LogP contribution in [0.15, 0.2) is 84.8 Å². The second-order valence-electron chi connectivity index (χ2n) is 13.4. The molecule has 0 aliphatic rings. The van der Waals surface area contributed by atoms with Crippen molar-refractivity contribution in [2.75, 3.05) is 11.9 Å². The smallest absolute Gasteiger partial charge is 0.162 e. The minimum atomic E-state index is 0. The van der Waals surface area contributed by atoms with Crippen molar-refractivity contribution in [2.24, 2.45) is 11.8 Å². The van der Waals surface area contributed by atoms with E-state index in [1.165, 1.54) is 43.4 Å². The van der Waals surface area contributed by atoms with Crippen LogP contribution in [0.2, 0.25) is 0 Å². The van der Waals surface area contributed by atoms with Gasteiger partial charge in [0.05, 0.1) is 10.8 Å². The summed E-state index contributed by atoms with van der Waals surface area (Å²) in [4.78, 5) is 18.8. The van der Waals surface area contributed by atoms with Crippen molar-refractivity contribution < 1.29 is 30.0 Å². The summed E-state index contributed by atoms with van der Waals surface area (Å²) in [6.45, 7) is 17.1. The Morgan fingerprint density at radius 1 is 0.917 bits per heavy atom. The second-order valence-corrected chi connectivity index (χ2v) is 14.4. The SMILES string of the molecule is CCC(CC)C(=O)/C=C(\O)C(CC)CC.Cc1c(N(C)c2ccccc2)sc2c(-c3[c-]c4ccccc4c(C(C)(C)C)c3)nccc12.[Ir]. The van der Waals surface area contributed by atoms with E-state index in [0.29, 0.717) is 0 Å². The Morgan fingerprint density at radius 2 is 1.52 bits per heavy atom. The van der Waals surface area contributed by atoms with Crippen molar-refractivity contribution in [2.45, 2.75) is 86.5 Å². The van der Waals surface area contributed by atoms with E-state index < -0.39 is 0 Å². The Hall–Kier alpha value is -3.31. The molecule has 6 heteroatoms. The molecule has 0 unspecified atom stereocenters. The number of nitrogens with zero attached hydrogens (tertiary/aromatic N) is 2. The molecule has 1 radical (unpaired) electrons. The van der Waals surface area contributed by atoms with E-state index in [9.17, 15) is 9.90 Å². The fourth-order valence-electron chi connectivity index (χ4n) is 6.17. The normalized spacial score (nSPS) is 11.9. The van der Waals surface area contributed by atoms with Gasteiger partial charge >= 0.3 is 0 Å². The van der Waals surface area contributed by atoms with Gasteiger partial charge in [-0.25, -0.2) is 0 Å². The quantitative estimate of drug-likeness (QED) is 0.0865. The second kappa shape index (κ2) is 17.4. The van der Waals surface area contributed by atoms with Crippen LogP contribution in [0.3, 0.4) is 0 Å². The molecule has 0 aliphatic heterocycles. The number of carbonyl (C=O) groups is 1. The number of aliphatic hydroxyl groups is 1. The topological polar surface area (TPSA) is 53.4 Å². The van der Waals surface area contributed by atoms with Crippen LogP contribution in [0.4, 0.5) is 10.7 Å². The number of carbonyl (C=O) groups excluding carboxylic acids is 1. The third-order valence-corrected chi connectivity index (χ3v) is 10.6. The number of para-hydroxylation sites is 1. The maximum Gasteiger partial charge on any atom is 0.162 e. The summed E-state index contributed by atoms with van der Waals surface area (Å²) >= 11 is 1.81. The largest absolute Gasteiger partial charge is 0.512 e. The van der Waals surface area contributed by atoms with Crippen molar-refractivity contribution >= 4 is 48.7 Å². The first-order valence-corrected chi connectivity index (χ1v) is 17.8. The number of aryl methyl sites for hydroxylation is 1. The number of benzene rings is 3. The molecule has 0 amide bonds. The molecule has 0 spiro atoms. The zero-order valence-electron chi connectivity index (χ0n) is 30.0.